The fourth-order valence-corrected chi connectivity index (χ4v) is 4.20. The van der Waals surface area contributed by atoms with Crippen molar-refractivity contribution in [3.8, 4) is 0 Å². The van der Waals surface area contributed by atoms with E-state index in [4.69, 9.17) is 16.6 Å². The van der Waals surface area contributed by atoms with Gasteiger partial charge < -0.3 is 5.32 Å². The molecule has 0 saturated heterocycles. The van der Waals surface area contributed by atoms with Crippen LogP contribution in [0.2, 0.25) is 5.02 Å². The van der Waals surface area contributed by atoms with Crippen molar-refractivity contribution in [3.63, 3.8) is 0 Å². The lowest BCUT2D eigenvalue weighted by atomic mass is 9.85. The molecule has 0 amide bonds. The minimum absolute atomic E-state index is 0.196. The molecule has 1 aliphatic carbocycles. The van der Waals surface area contributed by atoms with Crippen molar-refractivity contribution in [3.05, 3.63) is 70.4 Å². The number of benzene rings is 2. The van der Waals surface area contributed by atoms with Crippen molar-refractivity contribution >= 4 is 34.4 Å². The van der Waals surface area contributed by atoms with Gasteiger partial charge in [0.05, 0.1) is 17.1 Å². The number of halogens is 1. The van der Waals surface area contributed by atoms with E-state index in [1.807, 2.05) is 48.5 Å². The van der Waals surface area contributed by atoms with Gasteiger partial charge in [0.1, 0.15) is 0 Å². The molecule has 25 heavy (non-hydrogen) atoms. The standard InChI is InChI=1S/C20H16ClN3O/c21-13-7-2-1-6-12(13)19-18-15(9-5-11-17(18)25)23-20-22-14-8-3-4-10-16(14)24(19)20/h1-4,6-8,10,19H,5,9,11H2,(H,22,23)/t19-/m1/s1. The van der Waals surface area contributed by atoms with Gasteiger partial charge in [-0.3, -0.25) is 9.36 Å². The lowest BCUT2D eigenvalue weighted by Crippen LogP contribution is -2.31. The maximum absolute atomic E-state index is 12.8. The zero-order valence-corrected chi connectivity index (χ0v) is 14.3. The average Bonchev–Trinajstić information content (AvgIpc) is 2.99. The van der Waals surface area contributed by atoms with Gasteiger partial charge in [-0.05, 0) is 36.6 Å². The molecule has 0 bridgehead atoms. The molecule has 1 N–H and O–H groups in total. The van der Waals surface area contributed by atoms with Crippen LogP contribution in [0.15, 0.2) is 59.8 Å². The number of allylic oxidation sites excluding steroid dienone is 2. The van der Waals surface area contributed by atoms with Crippen molar-refractivity contribution in [2.24, 2.45) is 0 Å². The Hall–Kier alpha value is -2.59. The van der Waals surface area contributed by atoms with Crippen molar-refractivity contribution in [2.75, 3.05) is 5.32 Å². The molecular formula is C20H16ClN3O. The molecule has 5 heteroatoms. The smallest absolute Gasteiger partial charge is 0.209 e. The molecular weight excluding hydrogens is 334 g/mol. The van der Waals surface area contributed by atoms with E-state index in [0.717, 1.165) is 46.7 Å². The first-order valence-corrected chi connectivity index (χ1v) is 8.86. The van der Waals surface area contributed by atoms with E-state index in [1.54, 1.807) is 0 Å². The summed E-state index contributed by atoms with van der Waals surface area (Å²) in [6.07, 6.45) is 2.33. The summed E-state index contributed by atoms with van der Waals surface area (Å²) >= 11 is 6.53. The second kappa shape index (κ2) is 5.46. The Balaban J connectivity index is 1.85. The first kappa shape index (κ1) is 14.7. The summed E-state index contributed by atoms with van der Waals surface area (Å²) in [5.74, 6) is 0.974. The van der Waals surface area contributed by atoms with E-state index in [2.05, 4.69) is 9.88 Å². The van der Waals surface area contributed by atoms with Crippen LogP contribution in [0.5, 0.6) is 0 Å². The Kier molecular flexibility index (Phi) is 3.22. The number of para-hydroxylation sites is 2. The second-order valence-corrected chi connectivity index (χ2v) is 6.92. The quantitative estimate of drug-likeness (QED) is 0.692. The van der Waals surface area contributed by atoms with Gasteiger partial charge in [-0.25, -0.2) is 4.98 Å². The van der Waals surface area contributed by atoms with Gasteiger partial charge in [0.25, 0.3) is 0 Å². The van der Waals surface area contributed by atoms with Gasteiger partial charge in [0.15, 0.2) is 5.78 Å². The lowest BCUT2D eigenvalue weighted by molar-refractivity contribution is -0.116. The Morgan fingerprint density at radius 1 is 1.08 bits per heavy atom. The summed E-state index contributed by atoms with van der Waals surface area (Å²) in [4.78, 5) is 17.6. The Morgan fingerprint density at radius 3 is 2.76 bits per heavy atom. The molecule has 0 saturated carbocycles. The fourth-order valence-electron chi connectivity index (χ4n) is 3.96. The lowest BCUT2D eigenvalue weighted by Gasteiger charge is -2.34. The van der Waals surface area contributed by atoms with Crippen LogP contribution in [-0.4, -0.2) is 15.3 Å². The normalized spacial score (nSPS) is 19.6. The molecule has 5 rings (SSSR count). The first-order valence-electron chi connectivity index (χ1n) is 8.48. The maximum atomic E-state index is 12.8. The molecule has 2 aromatic carbocycles. The van der Waals surface area contributed by atoms with Crippen molar-refractivity contribution in [2.45, 2.75) is 25.3 Å². The highest BCUT2D eigenvalue weighted by Gasteiger charge is 2.37. The van der Waals surface area contributed by atoms with Crippen LogP contribution < -0.4 is 5.32 Å². The first-order chi connectivity index (χ1) is 12.2. The highest BCUT2D eigenvalue weighted by Crippen LogP contribution is 2.44. The Morgan fingerprint density at radius 2 is 1.88 bits per heavy atom. The number of carbonyl (C=O) groups excluding carboxylic acids is 1. The number of aromatic nitrogens is 2. The van der Waals surface area contributed by atoms with Crippen LogP contribution >= 0.6 is 11.6 Å². The largest absolute Gasteiger partial charge is 0.329 e. The van der Waals surface area contributed by atoms with Crippen LogP contribution in [0.1, 0.15) is 30.9 Å². The topological polar surface area (TPSA) is 46.9 Å². The van der Waals surface area contributed by atoms with Crippen molar-refractivity contribution in [1.29, 1.82) is 0 Å². The van der Waals surface area contributed by atoms with E-state index in [9.17, 15) is 4.79 Å². The Bertz CT molecular complexity index is 1050. The molecule has 1 aromatic heterocycles. The number of anilines is 1. The number of rotatable bonds is 1. The third-order valence-corrected chi connectivity index (χ3v) is 5.39. The SMILES string of the molecule is O=C1CCCC2=C1[C@@H](c1ccccc1Cl)n1c(nc3ccccc31)N2. The molecule has 1 aliphatic heterocycles. The minimum atomic E-state index is -0.236. The third-order valence-electron chi connectivity index (χ3n) is 5.05. The molecule has 1 atom stereocenters. The van der Waals surface area contributed by atoms with Crippen LogP contribution in [-0.2, 0) is 4.79 Å². The van der Waals surface area contributed by atoms with Gasteiger partial charge in [-0.1, -0.05) is 41.9 Å². The predicted octanol–water partition coefficient (Wildman–Crippen LogP) is 4.71. The zero-order valence-electron chi connectivity index (χ0n) is 13.5. The predicted molar refractivity (Wildman–Crippen MR) is 98.8 cm³/mol. The molecule has 3 aromatic rings. The van der Waals surface area contributed by atoms with Crippen LogP contribution in [0, 0.1) is 0 Å². The zero-order chi connectivity index (χ0) is 17.0. The number of nitrogens with zero attached hydrogens (tertiary/aromatic N) is 2. The van der Waals surface area contributed by atoms with Gasteiger partial charge in [-0.2, -0.15) is 0 Å². The van der Waals surface area contributed by atoms with Gasteiger partial charge in [0, 0.05) is 22.7 Å². The van der Waals surface area contributed by atoms with Gasteiger partial charge in [-0.15, -0.1) is 0 Å². The van der Waals surface area contributed by atoms with E-state index in [-0.39, 0.29) is 11.8 Å². The number of hydrogen-bond acceptors (Lipinski definition) is 3. The molecule has 0 unspecified atom stereocenters. The van der Waals surface area contributed by atoms with E-state index >= 15 is 0 Å². The van der Waals surface area contributed by atoms with E-state index in [1.165, 1.54) is 0 Å². The summed E-state index contributed by atoms with van der Waals surface area (Å²) in [6, 6.07) is 15.5. The molecule has 0 spiro atoms. The molecule has 0 fully saturated rings. The van der Waals surface area contributed by atoms with Gasteiger partial charge >= 0.3 is 0 Å². The number of hydrogen-bond donors (Lipinski definition) is 1. The fraction of sp³-hybridized carbons (Fsp3) is 0.200. The number of imidazole rings is 1. The molecule has 124 valence electrons. The Labute approximate surface area is 150 Å². The van der Waals surface area contributed by atoms with E-state index < -0.39 is 0 Å². The number of Topliss-reactive ketones (excluding diaryl/α,β-unsaturated/α-hetero) is 1. The number of carbonyl (C=O) groups is 1. The van der Waals surface area contributed by atoms with Crippen LogP contribution in [0.25, 0.3) is 11.0 Å². The monoisotopic (exact) mass is 349 g/mol. The molecule has 2 heterocycles. The number of nitrogens with one attached hydrogen (secondary N) is 1. The second-order valence-electron chi connectivity index (χ2n) is 6.51. The average molecular weight is 350 g/mol. The summed E-state index contributed by atoms with van der Waals surface area (Å²) in [5.41, 5.74) is 4.67. The van der Waals surface area contributed by atoms with Crippen LogP contribution in [0.4, 0.5) is 5.95 Å². The van der Waals surface area contributed by atoms with Crippen molar-refractivity contribution < 1.29 is 4.79 Å². The van der Waals surface area contributed by atoms with Crippen LogP contribution in [0.3, 0.4) is 0 Å². The third kappa shape index (κ3) is 2.14. The molecule has 4 nitrogen and oxygen atoms in total. The summed E-state index contributed by atoms with van der Waals surface area (Å²) < 4.78 is 2.11. The molecule has 2 aliphatic rings. The molecule has 0 radical (unpaired) electrons. The van der Waals surface area contributed by atoms with Crippen molar-refractivity contribution in [1.82, 2.24) is 9.55 Å². The maximum Gasteiger partial charge on any atom is 0.209 e. The summed E-state index contributed by atoms with van der Waals surface area (Å²) in [7, 11) is 0. The summed E-state index contributed by atoms with van der Waals surface area (Å²) in [5, 5.41) is 4.08. The highest BCUT2D eigenvalue weighted by atomic mass is 35.5. The summed E-state index contributed by atoms with van der Waals surface area (Å²) in [6.45, 7) is 0. The number of ketones is 1. The van der Waals surface area contributed by atoms with E-state index in [0.29, 0.717) is 11.4 Å². The highest BCUT2D eigenvalue weighted by molar-refractivity contribution is 6.31. The minimum Gasteiger partial charge on any atom is -0.329 e. The van der Waals surface area contributed by atoms with Gasteiger partial charge in [0.2, 0.25) is 5.95 Å². The number of fused-ring (bicyclic) bond motifs is 3.